The Morgan fingerprint density at radius 3 is 2.57 bits per heavy atom. The number of benzene rings is 1. The van der Waals surface area contributed by atoms with Crippen molar-refractivity contribution in [3.8, 4) is 0 Å². The van der Waals surface area contributed by atoms with E-state index < -0.39 is 5.82 Å². The van der Waals surface area contributed by atoms with Gasteiger partial charge in [-0.1, -0.05) is 32.3 Å². The van der Waals surface area contributed by atoms with E-state index >= 15 is 0 Å². The molecule has 1 nitrogen and oxygen atoms in total. The van der Waals surface area contributed by atoms with Gasteiger partial charge in [0.25, 0.3) is 0 Å². The molecule has 1 aromatic rings. The van der Waals surface area contributed by atoms with Crippen LogP contribution in [-0.4, -0.2) is 13.1 Å². The van der Waals surface area contributed by atoms with Crippen LogP contribution in [0.2, 0.25) is 0 Å². The Hall–Kier alpha value is -0.960. The molecular formula is C18H27F2N. The van der Waals surface area contributed by atoms with Crippen LogP contribution in [0, 0.1) is 23.5 Å². The summed E-state index contributed by atoms with van der Waals surface area (Å²) in [6.45, 7) is 4.25. The Morgan fingerprint density at radius 2 is 1.86 bits per heavy atom. The smallest absolute Gasteiger partial charge is 0.129 e. The van der Waals surface area contributed by atoms with E-state index in [1.54, 1.807) is 6.07 Å². The molecule has 21 heavy (non-hydrogen) atoms. The van der Waals surface area contributed by atoms with Gasteiger partial charge in [-0.2, -0.15) is 0 Å². The highest BCUT2D eigenvalue weighted by Crippen LogP contribution is 2.31. The second-order valence-corrected chi connectivity index (χ2v) is 6.30. The summed E-state index contributed by atoms with van der Waals surface area (Å²) in [6, 6.07) is 4.00. The summed E-state index contributed by atoms with van der Waals surface area (Å²) in [4.78, 5) is 0. The third kappa shape index (κ3) is 5.06. The molecule has 0 saturated heterocycles. The number of halogens is 2. The van der Waals surface area contributed by atoms with Crippen molar-refractivity contribution in [3.05, 3.63) is 35.4 Å². The van der Waals surface area contributed by atoms with E-state index in [0.717, 1.165) is 38.4 Å². The van der Waals surface area contributed by atoms with Crippen LogP contribution in [0.15, 0.2) is 18.2 Å². The van der Waals surface area contributed by atoms with E-state index in [9.17, 15) is 8.78 Å². The topological polar surface area (TPSA) is 12.0 Å². The molecule has 2 rings (SSSR count). The van der Waals surface area contributed by atoms with Gasteiger partial charge in [0.15, 0.2) is 0 Å². The summed E-state index contributed by atoms with van der Waals surface area (Å²) < 4.78 is 26.9. The lowest BCUT2D eigenvalue weighted by Crippen LogP contribution is -2.29. The van der Waals surface area contributed by atoms with Crippen LogP contribution in [0.4, 0.5) is 8.78 Å². The maximum absolute atomic E-state index is 13.9. The molecule has 0 aliphatic heterocycles. The summed E-state index contributed by atoms with van der Waals surface area (Å²) in [5.41, 5.74) is 0.670. The van der Waals surface area contributed by atoms with Crippen molar-refractivity contribution in [3.63, 3.8) is 0 Å². The highest BCUT2D eigenvalue weighted by Gasteiger charge is 2.24. The molecule has 1 fully saturated rings. The predicted octanol–water partition coefficient (Wildman–Crippen LogP) is 4.70. The van der Waals surface area contributed by atoms with Gasteiger partial charge in [-0.05, 0) is 62.2 Å². The van der Waals surface area contributed by atoms with Gasteiger partial charge >= 0.3 is 0 Å². The first-order valence-electron chi connectivity index (χ1n) is 8.35. The lowest BCUT2D eigenvalue weighted by atomic mass is 9.83. The van der Waals surface area contributed by atoms with Crippen molar-refractivity contribution >= 4 is 0 Å². The minimum Gasteiger partial charge on any atom is -0.316 e. The first-order valence-corrected chi connectivity index (χ1v) is 8.35. The van der Waals surface area contributed by atoms with Gasteiger partial charge in [-0.3, -0.25) is 0 Å². The fourth-order valence-corrected chi connectivity index (χ4v) is 3.43. The Balaban J connectivity index is 2.01. The van der Waals surface area contributed by atoms with E-state index in [2.05, 4.69) is 12.2 Å². The van der Waals surface area contributed by atoms with E-state index in [1.807, 2.05) is 0 Å². The zero-order valence-corrected chi connectivity index (χ0v) is 13.0. The first kappa shape index (κ1) is 16.4. The van der Waals surface area contributed by atoms with E-state index in [-0.39, 0.29) is 5.82 Å². The highest BCUT2D eigenvalue weighted by molar-refractivity contribution is 5.19. The fourth-order valence-electron chi connectivity index (χ4n) is 3.43. The monoisotopic (exact) mass is 295 g/mol. The number of hydrogen-bond donors (Lipinski definition) is 1. The predicted molar refractivity (Wildman–Crippen MR) is 83.3 cm³/mol. The Kier molecular flexibility index (Phi) is 6.62. The minimum atomic E-state index is -0.488. The van der Waals surface area contributed by atoms with E-state index in [1.165, 1.54) is 31.7 Å². The maximum atomic E-state index is 13.9. The minimum absolute atomic E-state index is 0.389. The van der Waals surface area contributed by atoms with Crippen LogP contribution < -0.4 is 5.32 Å². The molecule has 0 amide bonds. The molecule has 0 bridgehead atoms. The van der Waals surface area contributed by atoms with Crippen LogP contribution in [0.3, 0.4) is 0 Å². The van der Waals surface area contributed by atoms with Crippen molar-refractivity contribution < 1.29 is 8.78 Å². The zero-order chi connectivity index (χ0) is 15.1. The molecule has 0 aromatic heterocycles. The van der Waals surface area contributed by atoms with Crippen LogP contribution in [0.1, 0.15) is 51.0 Å². The first-order chi connectivity index (χ1) is 10.2. The highest BCUT2D eigenvalue weighted by atomic mass is 19.1. The van der Waals surface area contributed by atoms with Crippen LogP contribution in [-0.2, 0) is 6.42 Å². The number of nitrogens with one attached hydrogen (secondary N) is 1. The molecule has 1 aliphatic carbocycles. The number of hydrogen-bond acceptors (Lipinski definition) is 1. The van der Waals surface area contributed by atoms with Gasteiger partial charge in [-0.25, -0.2) is 8.78 Å². The molecule has 2 unspecified atom stereocenters. The van der Waals surface area contributed by atoms with E-state index in [0.29, 0.717) is 17.4 Å². The average Bonchev–Trinajstić information content (AvgIpc) is 2.68. The second-order valence-electron chi connectivity index (χ2n) is 6.30. The van der Waals surface area contributed by atoms with Gasteiger partial charge in [0.2, 0.25) is 0 Å². The molecule has 1 aliphatic rings. The molecular weight excluding hydrogens is 268 g/mol. The van der Waals surface area contributed by atoms with E-state index in [4.69, 9.17) is 0 Å². The van der Waals surface area contributed by atoms with Crippen molar-refractivity contribution in [2.45, 2.75) is 51.9 Å². The van der Waals surface area contributed by atoms with Crippen LogP contribution >= 0.6 is 0 Å². The summed E-state index contributed by atoms with van der Waals surface area (Å²) >= 11 is 0. The van der Waals surface area contributed by atoms with Crippen LogP contribution in [0.5, 0.6) is 0 Å². The maximum Gasteiger partial charge on any atom is 0.129 e. The fraction of sp³-hybridized carbons (Fsp3) is 0.667. The normalized spacial score (nSPS) is 23.0. The summed E-state index contributed by atoms with van der Waals surface area (Å²) in [5, 5.41) is 3.52. The van der Waals surface area contributed by atoms with Crippen molar-refractivity contribution in [1.29, 1.82) is 0 Å². The van der Waals surface area contributed by atoms with Gasteiger partial charge < -0.3 is 5.32 Å². The van der Waals surface area contributed by atoms with Crippen molar-refractivity contribution in [2.75, 3.05) is 13.1 Å². The standard InChI is InChI=1S/C18H27F2N/c1-2-10-21-13-16-7-5-3-4-6-14(16)11-15-8-9-17(19)12-18(15)20/h8-9,12,14,16,21H,2-7,10-11,13H2,1H3. The average molecular weight is 295 g/mol. The molecule has 1 aromatic carbocycles. The molecule has 1 N–H and O–H groups in total. The largest absolute Gasteiger partial charge is 0.316 e. The molecule has 0 spiro atoms. The van der Waals surface area contributed by atoms with Crippen molar-refractivity contribution in [2.24, 2.45) is 11.8 Å². The van der Waals surface area contributed by atoms with Crippen molar-refractivity contribution in [1.82, 2.24) is 5.32 Å². The number of rotatable bonds is 6. The lowest BCUT2D eigenvalue weighted by Gasteiger charge is -2.26. The summed E-state index contributed by atoms with van der Waals surface area (Å²) in [5.74, 6) is 0.248. The van der Waals surface area contributed by atoms with Crippen LogP contribution in [0.25, 0.3) is 0 Å². The lowest BCUT2D eigenvalue weighted by molar-refractivity contribution is 0.295. The molecule has 1 saturated carbocycles. The Morgan fingerprint density at radius 1 is 1.10 bits per heavy atom. The molecule has 118 valence electrons. The zero-order valence-electron chi connectivity index (χ0n) is 13.0. The SMILES string of the molecule is CCCNCC1CCCCCC1Cc1ccc(F)cc1F. The van der Waals surface area contributed by atoms with Gasteiger partial charge in [0, 0.05) is 6.07 Å². The summed E-state index contributed by atoms with van der Waals surface area (Å²) in [6.07, 6.45) is 8.07. The molecule has 0 radical (unpaired) electrons. The second kappa shape index (κ2) is 8.47. The third-order valence-electron chi connectivity index (χ3n) is 4.65. The third-order valence-corrected chi connectivity index (χ3v) is 4.65. The van der Waals surface area contributed by atoms with Gasteiger partial charge in [0.05, 0.1) is 0 Å². The molecule has 3 heteroatoms. The van der Waals surface area contributed by atoms with Gasteiger partial charge in [-0.15, -0.1) is 0 Å². The van der Waals surface area contributed by atoms with Gasteiger partial charge in [0.1, 0.15) is 11.6 Å². The quantitative estimate of drug-likeness (QED) is 0.592. The Labute approximate surface area is 127 Å². The summed E-state index contributed by atoms with van der Waals surface area (Å²) in [7, 11) is 0. The molecule has 0 heterocycles. The molecule has 2 atom stereocenters. The Bertz CT molecular complexity index is 433.